The smallest absolute Gasteiger partial charge is 0.462 e. The van der Waals surface area contributed by atoms with Crippen molar-refractivity contribution in [3.8, 4) is 0 Å². The van der Waals surface area contributed by atoms with Crippen LogP contribution in [0.2, 0.25) is 0 Å². The molecule has 0 saturated carbocycles. The van der Waals surface area contributed by atoms with Gasteiger partial charge in [0.05, 0.1) is 19.8 Å². The van der Waals surface area contributed by atoms with Crippen molar-refractivity contribution in [3.05, 3.63) is 60.8 Å². The predicted molar refractivity (Wildman–Crippen MR) is 225 cm³/mol. The molecule has 0 saturated heterocycles. The van der Waals surface area contributed by atoms with Gasteiger partial charge >= 0.3 is 19.8 Å². The molecule has 0 aliphatic rings. The van der Waals surface area contributed by atoms with Crippen LogP contribution in [0.25, 0.3) is 0 Å². The first-order valence-corrected chi connectivity index (χ1v) is 22.8. The van der Waals surface area contributed by atoms with Crippen LogP contribution >= 0.6 is 7.82 Å². The highest BCUT2D eigenvalue weighted by atomic mass is 31.2. The van der Waals surface area contributed by atoms with E-state index in [2.05, 4.69) is 60.1 Å². The van der Waals surface area contributed by atoms with Gasteiger partial charge in [-0.2, -0.15) is 0 Å². The van der Waals surface area contributed by atoms with Crippen molar-refractivity contribution in [3.63, 3.8) is 0 Å². The first-order valence-electron chi connectivity index (χ1n) is 21.4. The van der Waals surface area contributed by atoms with Gasteiger partial charge < -0.3 is 29.7 Å². The Bertz CT molecular complexity index is 1120. The van der Waals surface area contributed by atoms with Crippen LogP contribution in [-0.4, -0.2) is 77.4 Å². The van der Waals surface area contributed by atoms with Crippen molar-refractivity contribution in [1.29, 1.82) is 0 Å². The van der Waals surface area contributed by atoms with Gasteiger partial charge in [-0.25, -0.2) is 4.57 Å². The highest BCUT2D eigenvalue weighted by molar-refractivity contribution is 7.47. The number of carbonyl (C=O) groups excluding carboxylic acids is 2. The third kappa shape index (κ3) is 39.8. The van der Waals surface area contributed by atoms with Crippen LogP contribution in [0.15, 0.2) is 60.8 Å². The summed E-state index contributed by atoms with van der Waals surface area (Å²) >= 11 is 0. The number of carbonyl (C=O) groups is 2. The summed E-state index contributed by atoms with van der Waals surface area (Å²) in [6.45, 7) is 0.293. The first kappa shape index (κ1) is 53.6. The van der Waals surface area contributed by atoms with Gasteiger partial charge in [-0.15, -0.1) is 0 Å². The third-order valence-electron chi connectivity index (χ3n) is 8.70. The predicted octanol–water partition coefficient (Wildman–Crippen LogP) is 10.1. The average Bonchev–Trinajstić information content (AvgIpc) is 3.19. The minimum atomic E-state index is -4.64. The van der Waals surface area contributed by atoms with Crippen molar-refractivity contribution in [2.45, 2.75) is 173 Å². The summed E-state index contributed by atoms with van der Waals surface area (Å²) in [6.07, 6.45) is 42.0. The molecule has 4 N–H and O–H groups in total. The molecule has 0 amide bonds. The fourth-order valence-electron chi connectivity index (χ4n) is 5.37. The topological polar surface area (TPSA) is 169 Å². The minimum absolute atomic E-state index is 0.152. The van der Waals surface area contributed by atoms with E-state index in [9.17, 15) is 24.2 Å². The molecule has 0 rings (SSSR count). The fourth-order valence-corrected chi connectivity index (χ4v) is 6.16. The standard InChI is InChI=1S/C44H77O11P/c1-2-3-4-5-6-7-8-9-13-17-20-23-26-29-32-35-44(49)55-42(40-54-56(50,51)53-38-41(47)37-46)39-52-43(48)34-31-28-25-22-19-16-14-11-10-12-15-18-21-24-27-30-33-36-45/h9-10,12-14,16,18,21-22,25,41-42,45-47H,2-8,11,15,17,19-20,23-24,26-40H2,1H3,(H,50,51)/b12-10-,13-9-,16-14-,21-18-,25-22-/t41-,42+/m0/s1. The maximum absolute atomic E-state index is 12.6. The first-order chi connectivity index (χ1) is 27.2. The summed E-state index contributed by atoms with van der Waals surface area (Å²) in [6, 6.07) is 0. The Labute approximate surface area is 338 Å². The molecule has 0 heterocycles. The van der Waals surface area contributed by atoms with E-state index in [1.54, 1.807) is 0 Å². The van der Waals surface area contributed by atoms with Crippen molar-refractivity contribution < 1.29 is 52.9 Å². The molecule has 0 aliphatic heterocycles. The van der Waals surface area contributed by atoms with Crippen LogP contribution < -0.4 is 0 Å². The van der Waals surface area contributed by atoms with E-state index in [1.165, 1.54) is 38.5 Å². The summed E-state index contributed by atoms with van der Waals surface area (Å²) < 4.78 is 32.6. The molecule has 0 aromatic rings. The van der Waals surface area contributed by atoms with Gasteiger partial charge in [0.15, 0.2) is 6.10 Å². The Balaban J connectivity index is 4.41. The Morgan fingerprint density at radius 3 is 1.55 bits per heavy atom. The van der Waals surface area contributed by atoms with Crippen LogP contribution in [0.1, 0.15) is 161 Å². The molecule has 0 aromatic heterocycles. The molecule has 324 valence electrons. The number of hydrogen-bond donors (Lipinski definition) is 4. The van der Waals surface area contributed by atoms with Gasteiger partial charge in [0.2, 0.25) is 0 Å². The van der Waals surface area contributed by atoms with Gasteiger partial charge in [0.1, 0.15) is 12.7 Å². The lowest BCUT2D eigenvalue weighted by Gasteiger charge is -2.20. The second kappa shape index (κ2) is 40.8. The molecule has 0 bridgehead atoms. The zero-order chi connectivity index (χ0) is 41.2. The molecule has 11 nitrogen and oxygen atoms in total. The van der Waals surface area contributed by atoms with Crippen LogP contribution in [0.4, 0.5) is 0 Å². The van der Waals surface area contributed by atoms with Crippen molar-refractivity contribution in [2.24, 2.45) is 0 Å². The quantitative estimate of drug-likeness (QED) is 0.0201. The lowest BCUT2D eigenvalue weighted by Crippen LogP contribution is -2.29. The monoisotopic (exact) mass is 813 g/mol. The van der Waals surface area contributed by atoms with Crippen LogP contribution in [0, 0.1) is 0 Å². The number of allylic oxidation sites excluding steroid dienone is 10. The molecule has 1 unspecified atom stereocenters. The molecule has 12 heteroatoms. The number of aliphatic hydroxyl groups excluding tert-OH is 3. The van der Waals surface area contributed by atoms with Gasteiger partial charge in [-0.3, -0.25) is 18.6 Å². The van der Waals surface area contributed by atoms with Crippen molar-refractivity contribution in [1.82, 2.24) is 0 Å². The number of esters is 2. The molecule has 56 heavy (non-hydrogen) atoms. The second-order valence-electron chi connectivity index (χ2n) is 14.1. The van der Waals surface area contributed by atoms with Crippen molar-refractivity contribution in [2.75, 3.05) is 33.0 Å². The Morgan fingerprint density at radius 2 is 1.00 bits per heavy atom. The molecular formula is C44H77O11P. The molecular weight excluding hydrogens is 735 g/mol. The van der Waals surface area contributed by atoms with Gasteiger partial charge in [0.25, 0.3) is 0 Å². The van der Waals surface area contributed by atoms with E-state index >= 15 is 0 Å². The molecule has 0 aliphatic carbocycles. The van der Waals surface area contributed by atoms with Crippen LogP contribution in [0.3, 0.4) is 0 Å². The van der Waals surface area contributed by atoms with E-state index in [0.29, 0.717) is 19.3 Å². The molecule has 0 fully saturated rings. The van der Waals surface area contributed by atoms with E-state index < -0.39 is 51.8 Å². The maximum atomic E-state index is 12.6. The number of ether oxygens (including phenoxy) is 2. The molecule has 3 atom stereocenters. The summed E-state index contributed by atoms with van der Waals surface area (Å²) in [5.41, 5.74) is 0. The van der Waals surface area contributed by atoms with Gasteiger partial charge in [-0.1, -0.05) is 125 Å². The van der Waals surface area contributed by atoms with Gasteiger partial charge in [-0.05, 0) is 83.5 Å². The largest absolute Gasteiger partial charge is 0.472 e. The molecule has 0 radical (unpaired) electrons. The normalized spacial score (nSPS) is 14.4. The molecule has 0 spiro atoms. The van der Waals surface area contributed by atoms with Crippen molar-refractivity contribution >= 4 is 19.8 Å². The number of unbranched alkanes of at least 4 members (excludes halogenated alkanes) is 15. The zero-order valence-corrected chi connectivity index (χ0v) is 35.4. The second-order valence-corrected chi connectivity index (χ2v) is 15.5. The van der Waals surface area contributed by atoms with Crippen LogP contribution in [-0.2, 0) is 32.7 Å². The Kier molecular flexibility index (Phi) is 39.1. The maximum Gasteiger partial charge on any atom is 0.472 e. The Morgan fingerprint density at radius 1 is 0.554 bits per heavy atom. The summed E-state index contributed by atoms with van der Waals surface area (Å²) in [4.78, 5) is 34.9. The highest BCUT2D eigenvalue weighted by Crippen LogP contribution is 2.43. The van der Waals surface area contributed by atoms with E-state index in [-0.39, 0.29) is 26.1 Å². The summed E-state index contributed by atoms with van der Waals surface area (Å²) in [7, 11) is -4.64. The van der Waals surface area contributed by atoms with E-state index in [4.69, 9.17) is 24.2 Å². The lowest BCUT2D eigenvalue weighted by molar-refractivity contribution is -0.161. The summed E-state index contributed by atoms with van der Waals surface area (Å²) in [5.74, 6) is -1.02. The lowest BCUT2D eigenvalue weighted by atomic mass is 10.1. The van der Waals surface area contributed by atoms with Crippen LogP contribution in [0.5, 0.6) is 0 Å². The zero-order valence-electron chi connectivity index (χ0n) is 34.5. The number of hydrogen-bond acceptors (Lipinski definition) is 10. The fraction of sp³-hybridized carbons (Fsp3) is 0.727. The van der Waals surface area contributed by atoms with E-state index in [1.807, 2.05) is 12.2 Å². The minimum Gasteiger partial charge on any atom is -0.462 e. The number of phosphoric ester groups is 1. The number of aliphatic hydroxyl groups is 3. The molecule has 0 aromatic carbocycles. The third-order valence-corrected chi connectivity index (χ3v) is 9.65. The summed E-state index contributed by atoms with van der Waals surface area (Å²) in [5, 5.41) is 27.1. The SMILES string of the molecule is CCCCCCCC/C=C\CCCCCCCC(=O)O[C@H](COC(=O)CCC/C=C\C/C=C\C/C=C\C/C=C\CCCCCO)COP(=O)(O)OC[C@@H](O)CO. The highest BCUT2D eigenvalue weighted by Gasteiger charge is 2.27. The van der Waals surface area contributed by atoms with Gasteiger partial charge in [0, 0.05) is 19.4 Å². The number of rotatable bonds is 40. The number of phosphoric acid groups is 1. The Hall–Kier alpha value is -2.37. The van der Waals surface area contributed by atoms with E-state index in [0.717, 1.165) is 83.5 Å². The average molecular weight is 813 g/mol.